The summed E-state index contributed by atoms with van der Waals surface area (Å²) >= 11 is 4.40. The van der Waals surface area contributed by atoms with E-state index in [-0.39, 0.29) is 0 Å². The summed E-state index contributed by atoms with van der Waals surface area (Å²) in [5, 5.41) is 0. The molecule has 0 spiro atoms. The fourth-order valence-corrected chi connectivity index (χ4v) is 3.81. The van der Waals surface area contributed by atoms with E-state index in [1.165, 1.54) is 0 Å². The molecule has 0 atom stereocenters. The second-order valence-corrected chi connectivity index (χ2v) is 8.60. The van der Waals surface area contributed by atoms with Gasteiger partial charge in [-0.05, 0) is 107 Å². The van der Waals surface area contributed by atoms with Crippen molar-refractivity contribution in [2.24, 2.45) is 0 Å². The largest absolute Gasteiger partial charge is 0.219 e. The van der Waals surface area contributed by atoms with Crippen LogP contribution in [0.15, 0.2) is 46.2 Å². The molecule has 0 aliphatic heterocycles. The molecule has 2 nitrogen and oxygen atoms in total. The third-order valence-electron chi connectivity index (χ3n) is 2.88. The van der Waals surface area contributed by atoms with E-state index < -0.39 is 9.84 Å². The minimum Gasteiger partial charge on any atom is -0.219 e. The molecule has 5 heteroatoms. The molecule has 2 rings (SSSR count). The van der Waals surface area contributed by atoms with Gasteiger partial charge >= 0.3 is 0 Å². The maximum Gasteiger partial charge on any atom is 0.206 e. The lowest BCUT2D eigenvalue weighted by atomic mass is 10.2. The van der Waals surface area contributed by atoms with Gasteiger partial charge in [-0.25, -0.2) is 8.42 Å². The second kappa shape index (κ2) is 5.69. The first-order valence-corrected chi connectivity index (χ1v) is 9.24. The van der Waals surface area contributed by atoms with Gasteiger partial charge in [-0.1, -0.05) is 0 Å². The number of rotatable bonds is 2. The maximum absolute atomic E-state index is 12.6. The van der Waals surface area contributed by atoms with Gasteiger partial charge in [0.1, 0.15) is 0 Å². The molecular weight excluding hydrogens is 486 g/mol. The summed E-state index contributed by atoms with van der Waals surface area (Å²) in [5.41, 5.74) is 1.95. The van der Waals surface area contributed by atoms with Gasteiger partial charge in [0.25, 0.3) is 0 Å². The SMILES string of the molecule is Cc1cc(S(=O)(=O)c2ccc(I)c(C)c2)ccc1I. The van der Waals surface area contributed by atoms with Crippen LogP contribution in [-0.4, -0.2) is 8.42 Å². The second-order valence-electron chi connectivity index (χ2n) is 4.33. The molecule has 2 aromatic carbocycles. The third-order valence-corrected chi connectivity index (χ3v) is 7.05. The van der Waals surface area contributed by atoms with Crippen LogP contribution in [-0.2, 0) is 9.84 Å². The van der Waals surface area contributed by atoms with E-state index in [9.17, 15) is 8.42 Å². The number of sulfone groups is 1. The van der Waals surface area contributed by atoms with Crippen molar-refractivity contribution in [3.63, 3.8) is 0 Å². The van der Waals surface area contributed by atoms with E-state index in [2.05, 4.69) is 45.2 Å². The average molecular weight is 498 g/mol. The van der Waals surface area contributed by atoms with Crippen molar-refractivity contribution in [3.05, 3.63) is 54.7 Å². The molecule has 0 unspecified atom stereocenters. The van der Waals surface area contributed by atoms with E-state index in [0.717, 1.165) is 18.3 Å². The predicted molar refractivity (Wildman–Crippen MR) is 93.2 cm³/mol. The van der Waals surface area contributed by atoms with Crippen molar-refractivity contribution in [2.45, 2.75) is 23.6 Å². The van der Waals surface area contributed by atoms with Crippen molar-refractivity contribution in [2.75, 3.05) is 0 Å². The lowest BCUT2D eigenvalue weighted by molar-refractivity contribution is 0.596. The van der Waals surface area contributed by atoms with Crippen LogP contribution in [0.4, 0.5) is 0 Å². The van der Waals surface area contributed by atoms with Crippen LogP contribution in [0.25, 0.3) is 0 Å². The van der Waals surface area contributed by atoms with Gasteiger partial charge in [-0.2, -0.15) is 0 Å². The molecule has 0 radical (unpaired) electrons. The number of halogens is 2. The zero-order valence-electron chi connectivity index (χ0n) is 10.4. The maximum atomic E-state index is 12.6. The standard InChI is InChI=1S/C14H12I2O2S/c1-9-7-11(3-5-13(9)15)19(17,18)12-4-6-14(16)10(2)8-12/h3-8H,1-2H3. The van der Waals surface area contributed by atoms with E-state index in [4.69, 9.17) is 0 Å². The van der Waals surface area contributed by atoms with Gasteiger partial charge < -0.3 is 0 Å². The highest BCUT2D eigenvalue weighted by molar-refractivity contribution is 14.1. The van der Waals surface area contributed by atoms with Crippen LogP contribution in [0.2, 0.25) is 0 Å². The summed E-state index contributed by atoms with van der Waals surface area (Å²) in [4.78, 5) is 0.706. The summed E-state index contributed by atoms with van der Waals surface area (Å²) in [6, 6.07) is 10.5. The van der Waals surface area contributed by atoms with Crippen molar-refractivity contribution in [1.82, 2.24) is 0 Å². The molecule has 0 saturated carbocycles. The van der Waals surface area contributed by atoms with Crippen LogP contribution in [0.5, 0.6) is 0 Å². The average Bonchev–Trinajstić information content (AvgIpc) is 2.35. The minimum atomic E-state index is -3.42. The molecule has 19 heavy (non-hydrogen) atoms. The predicted octanol–water partition coefficient (Wildman–Crippen LogP) is 4.35. The van der Waals surface area contributed by atoms with Crippen molar-refractivity contribution in [1.29, 1.82) is 0 Å². The summed E-state index contributed by atoms with van der Waals surface area (Å²) in [6.45, 7) is 3.83. The summed E-state index contributed by atoms with van der Waals surface area (Å²) in [6.07, 6.45) is 0. The molecule has 0 fully saturated rings. The van der Waals surface area contributed by atoms with Gasteiger partial charge in [0, 0.05) is 7.14 Å². The summed E-state index contributed by atoms with van der Waals surface area (Å²) < 4.78 is 27.2. The quantitative estimate of drug-likeness (QED) is 0.578. The molecular formula is C14H12I2O2S. The van der Waals surface area contributed by atoms with Crippen LogP contribution in [0.1, 0.15) is 11.1 Å². The van der Waals surface area contributed by atoms with Crippen LogP contribution in [0, 0.1) is 21.0 Å². The highest BCUT2D eigenvalue weighted by atomic mass is 127. The molecule has 0 aliphatic rings. The van der Waals surface area contributed by atoms with E-state index in [1.807, 2.05) is 26.0 Å². The van der Waals surface area contributed by atoms with Gasteiger partial charge in [-0.3, -0.25) is 0 Å². The van der Waals surface area contributed by atoms with Gasteiger partial charge in [0.2, 0.25) is 9.84 Å². The van der Waals surface area contributed by atoms with Gasteiger partial charge in [-0.15, -0.1) is 0 Å². The normalized spacial score (nSPS) is 11.6. The van der Waals surface area contributed by atoms with E-state index >= 15 is 0 Å². The molecule has 2 aromatic rings. The number of benzene rings is 2. The Hall–Kier alpha value is -0.150. The number of hydrogen-bond acceptors (Lipinski definition) is 2. The number of hydrogen-bond donors (Lipinski definition) is 0. The van der Waals surface area contributed by atoms with Crippen molar-refractivity contribution in [3.8, 4) is 0 Å². The molecule has 0 bridgehead atoms. The van der Waals surface area contributed by atoms with Crippen LogP contribution in [0.3, 0.4) is 0 Å². The number of aryl methyl sites for hydroxylation is 2. The minimum absolute atomic E-state index is 0.353. The zero-order chi connectivity index (χ0) is 14.2. The summed E-state index contributed by atoms with van der Waals surface area (Å²) in [7, 11) is -3.42. The lowest BCUT2D eigenvalue weighted by Gasteiger charge is -2.08. The molecule has 0 aromatic heterocycles. The monoisotopic (exact) mass is 498 g/mol. The Morgan fingerprint density at radius 1 is 0.789 bits per heavy atom. The van der Waals surface area contributed by atoms with Gasteiger partial charge in [0.15, 0.2) is 0 Å². The Morgan fingerprint density at radius 2 is 1.16 bits per heavy atom. The van der Waals surface area contributed by atoms with Gasteiger partial charge in [0.05, 0.1) is 9.79 Å². The van der Waals surface area contributed by atoms with Crippen LogP contribution < -0.4 is 0 Å². The Labute approximate surface area is 140 Å². The first-order valence-electron chi connectivity index (χ1n) is 5.60. The molecule has 0 heterocycles. The first-order chi connectivity index (χ1) is 8.82. The lowest BCUT2D eigenvalue weighted by Crippen LogP contribution is -2.03. The highest BCUT2D eigenvalue weighted by Gasteiger charge is 2.18. The Balaban J connectivity index is 2.58. The molecule has 100 valence electrons. The first kappa shape index (κ1) is 15.2. The fourth-order valence-electron chi connectivity index (χ4n) is 1.70. The highest BCUT2D eigenvalue weighted by Crippen LogP contribution is 2.25. The topological polar surface area (TPSA) is 34.1 Å². The summed E-state index contributed by atoms with van der Waals surface area (Å²) in [5.74, 6) is 0. The Bertz CT molecular complexity index is 680. The Morgan fingerprint density at radius 3 is 1.47 bits per heavy atom. The van der Waals surface area contributed by atoms with Crippen molar-refractivity contribution < 1.29 is 8.42 Å². The molecule has 0 N–H and O–H groups in total. The van der Waals surface area contributed by atoms with E-state index in [1.54, 1.807) is 24.3 Å². The fraction of sp³-hybridized carbons (Fsp3) is 0.143. The smallest absolute Gasteiger partial charge is 0.206 e. The Kier molecular flexibility index (Phi) is 4.56. The molecule has 0 amide bonds. The molecule has 0 saturated heterocycles. The molecule has 0 aliphatic carbocycles. The van der Waals surface area contributed by atoms with Crippen molar-refractivity contribution >= 4 is 55.0 Å². The van der Waals surface area contributed by atoms with Crippen LogP contribution >= 0.6 is 45.2 Å². The zero-order valence-corrected chi connectivity index (χ0v) is 15.6. The van der Waals surface area contributed by atoms with E-state index in [0.29, 0.717) is 9.79 Å². The third kappa shape index (κ3) is 3.13.